The summed E-state index contributed by atoms with van der Waals surface area (Å²) in [5.41, 5.74) is 0. The number of carbonyl (C=O) groups excluding carboxylic acids is 3. The van der Waals surface area contributed by atoms with Crippen LogP contribution >= 0.6 is 0 Å². The van der Waals surface area contributed by atoms with Gasteiger partial charge in [-0.05, 0) is 40.5 Å². The zero-order valence-corrected chi connectivity index (χ0v) is 17.5. The summed E-state index contributed by atoms with van der Waals surface area (Å²) >= 11 is 0. The summed E-state index contributed by atoms with van der Waals surface area (Å²) in [5.74, 6) is -1.52. The van der Waals surface area contributed by atoms with Gasteiger partial charge < -0.3 is 14.9 Å². The zero-order valence-electron chi connectivity index (χ0n) is 17.5. The second-order valence-corrected chi connectivity index (χ2v) is 5.25. The molecule has 0 bridgehead atoms. The topological polar surface area (TPSA) is 135 Å². The van der Waals surface area contributed by atoms with Crippen LogP contribution in [0.15, 0.2) is 24.3 Å². The number of hydrogen-bond acceptors (Lipinski definition) is 6. The minimum absolute atomic E-state index is 0.0486. The number of hydrogen-bond donors (Lipinski definition) is 2. The Morgan fingerprint density at radius 3 is 1.71 bits per heavy atom. The molecule has 1 fully saturated rings. The lowest BCUT2D eigenvalue weighted by atomic mass is 10.3. The molecule has 8 nitrogen and oxygen atoms in total. The first-order chi connectivity index (χ1) is 13.2. The molecular formula is C20H34O8. The molecule has 2 N–H and O–H groups in total. The summed E-state index contributed by atoms with van der Waals surface area (Å²) in [6.45, 7) is 9.68. The Morgan fingerprint density at radius 1 is 1.11 bits per heavy atom. The molecule has 0 amide bonds. The van der Waals surface area contributed by atoms with Gasteiger partial charge in [0.05, 0.1) is 12.5 Å². The SMILES string of the molecule is C/C=C/C.C/C=C/CC(=O)O.CC1CCC(=O)O1.CCCCC(=O)O.O=C=O. The van der Waals surface area contributed by atoms with Gasteiger partial charge in [0.15, 0.2) is 0 Å². The number of aliphatic carboxylic acids is 2. The fourth-order valence-electron chi connectivity index (χ4n) is 1.21. The van der Waals surface area contributed by atoms with E-state index in [9.17, 15) is 14.4 Å². The van der Waals surface area contributed by atoms with Gasteiger partial charge >= 0.3 is 24.1 Å². The maximum absolute atomic E-state index is 10.2. The minimum Gasteiger partial charge on any atom is -0.481 e. The molecule has 0 saturated carbocycles. The van der Waals surface area contributed by atoms with E-state index in [1.807, 2.05) is 39.8 Å². The summed E-state index contributed by atoms with van der Waals surface area (Å²) in [4.78, 5) is 45.9. The van der Waals surface area contributed by atoms with Gasteiger partial charge in [0.25, 0.3) is 0 Å². The van der Waals surface area contributed by atoms with Crippen molar-refractivity contribution in [1.82, 2.24) is 0 Å². The molecule has 0 aromatic heterocycles. The van der Waals surface area contributed by atoms with Crippen LogP contribution in [0.2, 0.25) is 0 Å². The molecule has 1 unspecified atom stereocenters. The lowest BCUT2D eigenvalue weighted by Crippen LogP contribution is -1.98. The van der Waals surface area contributed by atoms with Gasteiger partial charge in [0.2, 0.25) is 0 Å². The molecule has 0 spiro atoms. The molecule has 0 radical (unpaired) electrons. The second kappa shape index (κ2) is 29.0. The van der Waals surface area contributed by atoms with Crippen LogP contribution in [0.5, 0.6) is 0 Å². The van der Waals surface area contributed by atoms with Crippen molar-refractivity contribution in [3.05, 3.63) is 24.3 Å². The second-order valence-electron chi connectivity index (χ2n) is 5.25. The molecule has 1 aliphatic heterocycles. The molecule has 1 heterocycles. The van der Waals surface area contributed by atoms with Crippen molar-refractivity contribution < 1.29 is 38.9 Å². The first-order valence-electron chi connectivity index (χ1n) is 8.97. The van der Waals surface area contributed by atoms with E-state index in [2.05, 4.69) is 0 Å². The van der Waals surface area contributed by atoms with E-state index < -0.39 is 11.9 Å². The van der Waals surface area contributed by atoms with Crippen LogP contribution in [0.25, 0.3) is 0 Å². The highest BCUT2D eigenvalue weighted by Crippen LogP contribution is 2.11. The Morgan fingerprint density at radius 2 is 1.61 bits per heavy atom. The molecule has 1 atom stereocenters. The number of carboxylic acid groups (broad SMARTS) is 2. The van der Waals surface area contributed by atoms with Gasteiger partial charge in [-0.2, -0.15) is 9.59 Å². The molecule has 0 aliphatic carbocycles. The standard InChI is InChI=1S/C5H8O2.C5H10O2.C5H8O2.C4H8.CO2/c1-4-2-3-5(6)7-4;2*1-2-3-4-5(6)7;1-3-4-2;2-1-3/h4H,2-3H2,1H3;2-4H2,1H3,(H,6,7);2-3H,4H2,1H3,(H,6,7);3-4H,1-2H3;/b;;3-2+;4-3+;. The normalized spacial score (nSPS) is 13.9. The van der Waals surface area contributed by atoms with E-state index in [-0.39, 0.29) is 24.6 Å². The largest absolute Gasteiger partial charge is 0.481 e. The zero-order chi connectivity index (χ0) is 22.8. The van der Waals surface area contributed by atoms with Crippen molar-refractivity contribution in [2.24, 2.45) is 0 Å². The average Bonchev–Trinajstić information content (AvgIpc) is 3.02. The van der Waals surface area contributed by atoms with Crippen LogP contribution in [0.3, 0.4) is 0 Å². The van der Waals surface area contributed by atoms with Crippen molar-refractivity contribution in [1.29, 1.82) is 0 Å². The summed E-state index contributed by atoms with van der Waals surface area (Å²) in [5, 5.41) is 16.0. The van der Waals surface area contributed by atoms with Gasteiger partial charge in [-0.15, -0.1) is 0 Å². The van der Waals surface area contributed by atoms with Gasteiger partial charge in [-0.1, -0.05) is 37.6 Å². The van der Waals surface area contributed by atoms with Crippen molar-refractivity contribution in [2.45, 2.75) is 79.2 Å². The molecule has 1 rings (SSSR count). The number of rotatable bonds is 5. The summed E-state index contributed by atoms with van der Waals surface area (Å²) < 4.78 is 4.72. The minimum atomic E-state index is -0.780. The Bertz CT molecular complexity index is 471. The number of ether oxygens (including phenoxy) is 1. The predicted molar refractivity (Wildman–Crippen MR) is 105 cm³/mol. The van der Waals surface area contributed by atoms with Crippen LogP contribution in [0, 0.1) is 0 Å². The molecule has 1 aliphatic rings. The van der Waals surface area contributed by atoms with Gasteiger partial charge in [0.1, 0.15) is 0 Å². The van der Waals surface area contributed by atoms with Gasteiger partial charge in [-0.25, -0.2) is 0 Å². The smallest absolute Gasteiger partial charge is 0.373 e. The lowest BCUT2D eigenvalue weighted by Gasteiger charge is -1.95. The van der Waals surface area contributed by atoms with Crippen LogP contribution in [-0.4, -0.2) is 40.4 Å². The number of unbranched alkanes of at least 4 members (excludes halogenated alkanes) is 1. The van der Waals surface area contributed by atoms with E-state index in [1.54, 1.807) is 19.1 Å². The molecule has 28 heavy (non-hydrogen) atoms. The number of carbonyl (C=O) groups is 3. The van der Waals surface area contributed by atoms with E-state index in [0.717, 1.165) is 19.3 Å². The van der Waals surface area contributed by atoms with Crippen molar-refractivity contribution in [3.8, 4) is 0 Å². The summed E-state index contributed by atoms with van der Waals surface area (Å²) in [6, 6.07) is 0. The van der Waals surface area contributed by atoms with E-state index in [1.165, 1.54) is 0 Å². The molecule has 162 valence electrons. The fraction of sp³-hybridized carbons (Fsp3) is 0.600. The Kier molecular flexibility index (Phi) is 34.1. The Balaban J connectivity index is -0.000000133. The Labute approximate surface area is 167 Å². The van der Waals surface area contributed by atoms with E-state index in [0.29, 0.717) is 12.8 Å². The lowest BCUT2D eigenvalue weighted by molar-refractivity contribution is -0.191. The number of allylic oxidation sites excluding steroid dienone is 3. The third kappa shape index (κ3) is 49.5. The fourth-order valence-corrected chi connectivity index (χ4v) is 1.21. The number of esters is 1. The van der Waals surface area contributed by atoms with Gasteiger partial charge in [-0.3, -0.25) is 14.4 Å². The average molecular weight is 402 g/mol. The molecule has 8 heteroatoms. The number of cyclic esters (lactones) is 1. The maximum Gasteiger partial charge on any atom is 0.373 e. The summed E-state index contributed by atoms with van der Waals surface area (Å²) in [7, 11) is 0. The predicted octanol–water partition coefficient (Wildman–Crippen LogP) is 4.01. The highest BCUT2D eigenvalue weighted by molar-refractivity contribution is 5.71. The highest BCUT2D eigenvalue weighted by Gasteiger charge is 2.17. The quantitative estimate of drug-likeness (QED) is 0.520. The van der Waals surface area contributed by atoms with Crippen LogP contribution in [0.1, 0.15) is 73.1 Å². The van der Waals surface area contributed by atoms with E-state index >= 15 is 0 Å². The third-order valence-corrected chi connectivity index (χ3v) is 2.69. The molecular weight excluding hydrogens is 368 g/mol. The van der Waals surface area contributed by atoms with E-state index in [4.69, 9.17) is 24.5 Å². The monoisotopic (exact) mass is 402 g/mol. The molecule has 0 aromatic rings. The third-order valence-electron chi connectivity index (χ3n) is 2.69. The molecule has 1 saturated heterocycles. The van der Waals surface area contributed by atoms with Crippen LogP contribution in [0.4, 0.5) is 0 Å². The van der Waals surface area contributed by atoms with Crippen LogP contribution < -0.4 is 0 Å². The number of carboxylic acids is 2. The first kappa shape index (κ1) is 32.9. The van der Waals surface area contributed by atoms with Crippen molar-refractivity contribution in [2.75, 3.05) is 0 Å². The van der Waals surface area contributed by atoms with Crippen molar-refractivity contribution in [3.63, 3.8) is 0 Å². The van der Waals surface area contributed by atoms with Crippen molar-refractivity contribution >= 4 is 24.1 Å². The Hall–Kier alpha value is -2.73. The maximum atomic E-state index is 10.2. The first-order valence-corrected chi connectivity index (χ1v) is 8.97. The van der Waals surface area contributed by atoms with Crippen LogP contribution in [-0.2, 0) is 28.7 Å². The highest BCUT2D eigenvalue weighted by atomic mass is 16.5. The molecule has 0 aromatic carbocycles. The van der Waals surface area contributed by atoms with Gasteiger partial charge in [0, 0.05) is 12.8 Å². The summed E-state index contributed by atoms with van der Waals surface area (Å²) in [6.07, 6.45) is 11.5.